The topological polar surface area (TPSA) is 96.6 Å². The van der Waals surface area contributed by atoms with Crippen molar-refractivity contribution in [1.29, 1.82) is 5.26 Å². The maximum Gasteiger partial charge on any atom is 0.272 e. The van der Waals surface area contributed by atoms with E-state index in [1.165, 1.54) is 0 Å². The van der Waals surface area contributed by atoms with Crippen LogP contribution in [0.5, 0.6) is 5.75 Å². The van der Waals surface area contributed by atoms with Gasteiger partial charge in [-0.3, -0.25) is 9.48 Å². The van der Waals surface area contributed by atoms with Crippen molar-refractivity contribution >= 4 is 22.4 Å². The molecule has 0 fully saturated rings. The van der Waals surface area contributed by atoms with E-state index in [9.17, 15) is 10.1 Å². The maximum absolute atomic E-state index is 12.0. The molecule has 0 amide bonds. The third-order valence-corrected chi connectivity index (χ3v) is 5.04. The highest BCUT2D eigenvalue weighted by Gasteiger charge is 2.13. The summed E-state index contributed by atoms with van der Waals surface area (Å²) in [6.07, 6.45) is 3.55. The molecule has 2 aromatic heterocycles. The predicted molar refractivity (Wildman–Crippen MR) is 120 cm³/mol. The van der Waals surface area contributed by atoms with Crippen LogP contribution in [0.4, 0.5) is 0 Å². The molecule has 7 heteroatoms. The first kappa shape index (κ1) is 20.1. The molecule has 1 radical (unpaired) electrons. The highest BCUT2D eigenvalue weighted by molar-refractivity contribution is 5.94. The van der Waals surface area contributed by atoms with E-state index in [2.05, 4.69) is 28.3 Å². The lowest BCUT2D eigenvalue weighted by Crippen LogP contribution is -2.09. The van der Waals surface area contributed by atoms with Crippen LogP contribution in [-0.4, -0.2) is 26.6 Å². The van der Waals surface area contributed by atoms with E-state index in [0.29, 0.717) is 28.6 Å². The lowest BCUT2D eigenvalue weighted by molar-refractivity contribution is 0.340. The first-order valence-electron chi connectivity index (χ1n) is 9.73. The van der Waals surface area contributed by atoms with Gasteiger partial charge in [0, 0.05) is 18.0 Å². The van der Waals surface area contributed by atoms with Gasteiger partial charge in [-0.25, -0.2) is 5.10 Å². The normalized spacial score (nSPS) is 11.5. The van der Waals surface area contributed by atoms with Gasteiger partial charge in [-0.15, -0.1) is 0 Å². The minimum absolute atomic E-state index is 0.262. The van der Waals surface area contributed by atoms with Crippen LogP contribution in [0.15, 0.2) is 53.5 Å². The van der Waals surface area contributed by atoms with E-state index >= 15 is 0 Å². The Labute approximate surface area is 179 Å². The summed E-state index contributed by atoms with van der Waals surface area (Å²) in [5.41, 5.74) is 3.98. The average molecular weight is 410 g/mol. The van der Waals surface area contributed by atoms with Crippen LogP contribution in [-0.2, 0) is 7.05 Å². The Kier molecular flexibility index (Phi) is 5.37. The molecule has 0 spiro atoms. The molecule has 2 aromatic carbocycles. The van der Waals surface area contributed by atoms with Gasteiger partial charge >= 0.3 is 0 Å². The number of H-pyrrole nitrogens is 1. The monoisotopic (exact) mass is 410 g/mol. The van der Waals surface area contributed by atoms with Crippen LogP contribution in [0.3, 0.4) is 0 Å². The average Bonchev–Trinajstić information content (AvgIpc) is 3.15. The maximum atomic E-state index is 12.0. The second-order valence-corrected chi connectivity index (χ2v) is 6.95. The number of hydrogen-bond donors (Lipinski definition) is 1. The SMILES string of the molecule is [CH2]c1n[nH]c(=O)c2ccc(-c3cnn(C)c3C=C(C#N)c3ccc(OCC)cc3)cc12. The second-order valence-electron chi connectivity index (χ2n) is 6.95. The fourth-order valence-electron chi connectivity index (χ4n) is 3.44. The number of nitrogens with one attached hydrogen (secondary N) is 1. The van der Waals surface area contributed by atoms with Gasteiger partial charge in [0.25, 0.3) is 5.56 Å². The van der Waals surface area contributed by atoms with Crippen molar-refractivity contribution < 1.29 is 4.74 Å². The van der Waals surface area contributed by atoms with Crippen LogP contribution in [0.2, 0.25) is 0 Å². The molecule has 0 aliphatic heterocycles. The molecule has 0 aliphatic carbocycles. The molecule has 0 aliphatic rings. The molecule has 153 valence electrons. The van der Waals surface area contributed by atoms with Crippen molar-refractivity contribution in [3.63, 3.8) is 0 Å². The molecule has 0 atom stereocenters. The Hall–Kier alpha value is -4.18. The highest BCUT2D eigenvalue weighted by atomic mass is 16.5. The summed E-state index contributed by atoms with van der Waals surface area (Å²) >= 11 is 0. The third-order valence-electron chi connectivity index (χ3n) is 5.04. The molecule has 0 bridgehead atoms. The quantitative estimate of drug-likeness (QED) is 0.502. The molecular formula is C24H20N5O2. The largest absolute Gasteiger partial charge is 0.494 e. The van der Waals surface area contributed by atoms with Crippen LogP contribution >= 0.6 is 0 Å². The number of rotatable bonds is 5. The summed E-state index contributed by atoms with van der Waals surface area (Å²) in [5.74, 6) is 0.758. The van der Waals surface area contributed by atoms with Crippen molar-refractivity contribution in [2.75, 3.05) is 6.61 Å². The van der Waals surface area contributed by atoms with Crippen molar-refractivity contribution in [2.24, 2.45) is 7.05 Å². The molecule has 0 saturated carbocycles. The van der Waals surface area contributed by atoms with E-state index in [0.717, 1.165) is 28.1 Å². The van der Waals surface area contributed by atoms with Crippen molar-refractivity contribution in [1.82, 2.24) is 20.0 Å². The zero-order chi connectivity index (χ0) is 22.0. The Morgan fingerprint density at radius 1 is 1.26 bits per heavy atom. The van der Waals surface area contributed by atoms with Crippen molar-refractivity contribution in [3.8, 4) is 22.9 Å². The molecule has 4 rings (SSSR count). The Morgan fingerprint density at radius 3 is 2.74 bits per heavy atom. The minimum atomic E-state index is -0.262. The Morgan fingerprint density at radius 2 is 2.03 bits per heavy atom. The van der Waals surface area contributed by atoms with Gasteiger partial charge in [0.05, 0.1) is 41.2 Å². The molecule has 0 unspecified atom stereocenters. The number of ether oxygens (including phenoxy) is 1. The summed E-state index contributed by atoms with van der Waals surface area (Å²) in [7, 11) is 1.82. The summed E-state index contributed by atoms with van der Waals surface area (Å²) in [6.45, 7) is 6.42. The van der Waals surface area contributed by atoms with Gasteiger partial charge in [-0.1, -0.05) is 6.07 Å². The minimum Gasteiger partial charge on any atom is -0.494 e. The van der Waals surface area contributed by atoms with Gasteiger partial charge in [0.15, 0.2) is 0 Å². The highest BCUT2D eigenvalue weighted by Crippen LogP contribution is 2.30. The lowest BCUT2D eigenvalue weighted by atomic mass is 9.99. The Bertz CT molecular complexity index is 1390. The summed E-state index contributed by atoms with van der Waals surface area (Å²) in [5, 5.41) is 21.7. The zero-order valence-electron chi connectivity index (χ0n) is 17.2. The van der Waals surface area contributed by atoms with E-state index in [1.807, 2.05) is 56.4 Å². The fourth-order valence-corrected chi connectivity index (χ4v) is 3.44. The van der Waals surface area contributed by atoms with Gasteiger partial charge in [-0.2, -0.15) is 15.5 Å². The first-order valence-corrected chi connectivity index (χ1v) is 9.73. The number of fused-ring (bicyclic) bond motifs is 1. The van der Waals surface area contributed by atoms with Crippen LogP contribution in [0, 0.1) is 18.3 Å². The lowest BCUT2D eigenvalue weighted by Gasteiger charge is -2.07. The number of aromatic nitrogens is 4. The van der Waals surface area contributed by atoms with E-state index in [4.69, 9.17) is 4.74 Å². The van der Waals surface area contributed by atoms with Crippen LogP contribution in [0.25, 0.3) is 33.5 Å². The molecular weight excluding hydrogens is 390 g/mol. The Balaban J connectivity index is 1.80. The van der Waals surface area contributed by atoms with Gasteiger partial charge in [0.2, 0.25) is 0 Å². The van der Waals surface area contributed by atoms with Gasteiger partial charge in [0.1, 0.15) is 5.75 Å². The molecule has 7 nitrogen and oxygen atoms in total. The van der Waals surface area contributed by atoms with E-state index in [-0.39, 0.29) is 5.56 Å². The zero-order valence-corrected chi connectivity index (χ0v) is 17.2. The number of nitriles is 1. The number of aryl methyl sites for hydroxylation is 1. The number of benzene rings is 2. The smallest absolute Gasteiger partial charge is 0.272 e. The fraction of sp³-hybridized carbons (Fsp3) is 0.125. The van der Waals surface area contributed by atoms with Crippen molar-refractivity contribution in [2.45, 2.75) is 6.92 Å². The number of aromatic amines is 1. The predicted octanol–water partition coefficient (Wildman–Crippen LogP) is 3.97. The van der Waals surface area contributed by atoms with E-state index < -0.39 is 0 Å². The van der Waals surface area contributed by atoms with Gasteiger partial charge in [-0.05, 0) is 67.4 Å². The van der Waals surface area contributed by atoms with Gasteiger partial charge < -0.3 is 4.74 Å². The number of nitrogens with zero attached hydrogens (tertiary/aromatic N) is 4. The third kappa shape index (κ3) is 3.83. The molecule has 31 heavy (non-hydrogen) atoms. The summed E-state index contributed by atoms with van der Waals surface area (Å²) in [4.78, 5) is 12.0. The van der Waals surface area contributed by atoms with Crippen LogP contribution < -0.4 is 10.3 Å². The number of hydrogen-bond acceptors (Lipinski definition) is 5. The number of allylic oxidation sites excluding steroid dienone is 1. The summed E-state index contributed by atoms with van der Waals surface area (Å²) in [6, 6.07) is 15.2. The molecule has 2 heterocycles. The van der Waals surface area contributed by atoms with Crippen molar-refractivity contribution in [3.05, 3.63) is 82.9 Å². The molecule has 1 N–H and O–H groups in total. The first-order chi connectivity index (χ1) is 15.0. The summed E-state index contributed by atoms with van der Waals surface area (Å²) < 4.78 is 7.19. The second kappa shape index (κ2) is 8.28. The van der Waals surface area contributed by atoms with Crippen LogP contribution in [0.1, 0.15) is 23.9 Å². The molecule has 0 saturated heterocycles. The molecule has 4 aromatic rings. The standard InChI is InChI=1S/C24H20N5O2/c1-4-31-19-8-5-16(6-9-19)18(13-25)12-23-22(14-26-29(23)3)17-7-10-20-21(11-17)15(2)27-28-24(20)30/h5-12,14H,2,4H2,1,3H3,(H,28,30). The van der Waals surface area contributed by atoms with E-state index in [1.54, 1.807) is 16.9 Å².